The van der Waals surface area contributed by atoms with Gasteiger partial charge in [0.2, 0.25) is 0 Å². The maximum Gasteiger partial charge on any atom is 0.251 e. The molecule has 1 aromatic heterocycles. The van der Waals surface area contributed by atoms with E-state index in [4.69, 9.17) is 0 Å². The van der Waals surface area contributed by atoms with Gasteiger partial charge in [0, 0.05) is 51.2 Å². The zero-order valence-electron chi connectivity index (χ0n) is 14.6. The summed E-state index contributed by atoms with van der Waals surface area (Å²) in [6.07, 6.45) is 4.00. The zero-order valence-corrected chi connectivity index (χ0v) is 14.6. The van der Waals surface area contributed by atoms with Crippen molar-refractivity contribution in [1.29, 1.82) is 0 Å². The third-order valence-corrected chi connectivity index (χ3v) is 3.69. The SMILES string of the molecule is CN=C(NCCNC(=O)c1ccc(C)c(F)c1)NCCn1cccc1. The Morgan fingerprint density at radius 3 is 2.48 bits per heavy atom. The van der Waals surface area contributed by atoms with E-state index in [1.807, 2.05) is 24.5 Å². The molecule has 7 heteroatoms. The number of hydrogen-bond acceptors (Lipinski definition) is 2. The Morgan fingerprint density at radius 2 is 1.80 bits per heavy atom. The van der Waals surface area contributed by atoms with Crippen molar-refractivity contribution in [3.63, 3.8) is 0 Å². The van der Waals surface area contributed by atoms with Crippen LogP contribution in [-0.4, -0.2) is 43.1 Å². The monoisotopic (exact) mass is 345 g/mol. The van der Waals surface area contributed by atoms with Crippen LogP contribution in [0.15, 0.2) is 47.7 Å². The average Bonchev–Trinajstić information content (AvgIpc) is 3.12. The lowest BCUT2D eigenvalue weighted by molar-refractivity contribution is 0.0954. The van der Waals surface area contributed by atoms with Gasteiger partial charge in [-0.05, 0) is 36.8 Å². The van der Waals surface area contributed by atoms with Crippen molar-refractivity contribution in [2.75, 3.05) is 26.7 Å². The van der Waals surface area contributed by atoms with E-state index >= 15 is 0 Å². The zero-order chi connectivity index (χ0) is 18.1. The van der Waals surface area contributed by atoms with E-state index in [0.717, 1.165) is 13.1 Å². The van der Waals surface area contributed by atoms with Crippen molar-refractivity contribution in [3.8, 4) is 0 Å². The Kier molecular flexibility index (Phi) is 7.00. The van der Waals surface area contributed by atoms with Gasteiger partial charge >= 0.3 is 0 Å². The molecule has 0 fully saturated rings. The fourth-order valence-electron chi connectivity index (χ4n) is 2.24. The largest absolute Gasteiger partial charge is 0.355 e. The number of carbonyl (C=O) groups is 1. The molecule has 0 bridgehead atoms. The summed E-state index contributed by atoms with van der Waals surface area (Å²) in [5.41, 5.74) is 0.838. The molecule has 134 valence electrons. The van der Waals surface area contributed by atoms with Crippen molar-refractivity contribution >= 4 is 11.9 Å². The number of guanidine groups is 1. The summed E-state index contributed by atoms with van der Waals surface area (Å²) in [5.74, 6) is -0.00268. The van der Waals surface area contributed by atoms with Crippen LogP contribution in [0.2, 0.25) is 0 Å². The van der Waals surface area contributed by atoms with E-state index in [9.17, 15) is 9.18 Å². The van der Waals surface area contributed by atoms with E-state index in [2.05, 4.69) is 25.5 Å². The van der Waals surface area contributed by atoms with Crippen molar-refractivity contribution in [3.05, 3.63) is 59.7 Å². The van der Waals surface area contributed by atoms with Gasteiger partial charge in [-0.3, -0.25) is 9.79 Å². The highest BCUT2D eigenvalue weighted by molar-refractivity contribution is 5.94. The average molecular weight is 345 g/mol. The van der Waals surface area contributed by atoms with Gasteiger partial charge in [0.05, 0.1) is 0 Å². The standard InChI is InChI=1S/C18H24FN5O/c1-14-5-6-15(13-16(14)19)17(25)21-7-8-22-18(20-2)23-9-12-24-10-3-4-11-24/h3-6,10-11,13H,7-9,12H2,1-2H3,(H,21,25)(H2,20,22,23). The molecule has 25 heavy (non-hydrogen) atoms. The van der Waals surface area contributed by atoms with Gasteiger partial charge in [0.15, 0.2) is 5.96 Å². The molecule has 0 aliphatic carbocycles. The fourth-order valence-corrected chi connectivity index (χ4v) is 2.24. The smallest absolute Gasteiger partial charge is 0.251 e. The van der Waals surface area contributed by atoms with Gasteiger partial charge < -0.3 is 20.5 Å². The first-order chi connectivity index (χ1) is 12.1. The Morgan fingerprint density at radius 1 is 1.12 bits per heavy atom. The van der Waals surface area contributed by atoms with Gasteiger partial charge in [-0.2, -0.15) is 0 Å². The molecule has 3 N–H and O–H groups in total. The van der Waals surface area contributed by atoms with Crippen LogP contribution in [0, 0.1) is 12.7 Å². The molecule has 0 spiro atoms. The Bertz CT molecular complexity index is 712. The van der Waals surface area contributed by atoms with E-state index in [1.165, 1.54) is 6.07 Å². The number of benzene rings is 1. The Hall–Kier alpha value is -2.83. The molecule has 0 radical (unpaired) electrons. The summed E-state index contributed by atoms with van der Waals surface area (Å²) in [4.78, 5) is 16.1. The number of nitrogens with zero attached hydrogens (tertiary/aromatic N) is 2. The summed E-state index contributed by atoms with van der Waals surface area (Å²) >= 11 is 0. The second-order valence-electron chi connectivity index (χ2n) is 5.57. The van der Waals surface area contributed by atoms with Crippen LogP contribution in [-0.2, 0) is 6.54 Å². The molecule has 0 aliphatic heterocycles. The number of rotatable bonds is 7. The maximum atomic E-state index is 13.5. The number of aryl methyl sites for hydroxylation is 1. The summed E-state index contributed by atoms with van der Waals surface area (Å²) in [5, 5.41) is 9.06. The number of aromatic nitrogens is 1. The first kappa shape index (κ1) is 18.5. The minimum atomic E-state index is -0.377. The molecule has 2 aromatic rings. The van der Waals surface area contributed by atoms with Crippen LogP contribution in [0.3, 0.4) is 0 Å². The van der Waals surface area contributed by atoms with Crippen molar-refractivity contribution in [2.24, 2.45) is 4.99 Å². The minimum Gasteiger partial charge on any atom is -0.355 e. The first-order valence-corrected chi connectivity index (χ1v) is 8.20. The normalized spacial score (nSPS) is 11.2. The molecule has 2 rings (SSSR count). The fraction of sp³-hybridized carbons (Fsp3) is 0.333. The van der Waals surface area contributed by atoms with E-state index in [-0.39, 0.29) is 11.7 Å². The molecule has 0 saturated carbocycles. The molecule has 0 atom stereocenters. The topological polar surface area (TPSA) is 70.4 Å². The lowest BCUT2D eigenvalue weighted by Crippen LogP contribution is -2.42. The number of aliphatic imine (C=N–C) groups is 1. The summed E-state index contributed by atoms with van der Waals surface area (Å²) in [7, 11) is 1.69. The Balaban J connectivity index is 1.66. The summed E-state index contributed by atoms with van der Waals surface area (Å²) < 4.78 is 15.6. The molecule has 1 aromatic carbocycles. The lowest BCUT2D eigenvalue weighted by Gasteiger charge is -2.13. The molecular weight excluding hydrogens is 321 g/mol. The van der Waals surface area contributed by atoms with E-state index in [0.29, 0.717) is 30.2 Å². The molecule has 1 amide bonds. The predicted molar refractivity (Wildman–Crippen MR) is 97.3 cm³/mol. The first-order valence-electron chi connectivity index (χ1n) is 8.20. The lowest BCUT2D eigenvalue weighted by atomic mass is 10.1. The van der Waals surface area contributed by atoms with Crippen LogP contribution < -0.4 is 16.0 Å². The van der Waals surface area contributed by atoms with Crippen molar-refractivity contribution < 1.29 is 9.18 Å². The molecule has 0 unspecified atom stereocenters. The van der Waals surface area contributed by atoms with Crippen LogP contribution in [0.4, 0.5) is 4.39 Å². The maximum absolute atomic E-state index is 13.5. The van der Waals surface area contributed by atoms with Crippen LogP contribution in [0.25, 0.3) is 0 Å². The third kappa shape index (κ3) is 5.95. The highest BCUT2D eigenvalue weighted by Crippen LogP contribution is 2.08. The van der Waals surface area contributed by atoms with Gasteiger partial charge in [-0.15, -0.1) is 0 Å². The molecule has 1 heterocycles. The van der Waals surface area contributed by atoms with Crippen LogP contribution >= 0.6 is 0 Å². The molecular formula is C18H24FN5O. The van der Waals surface area contributed by atoms with E-state index in [1.54, 1.807) is 26.1 Å². The second kappa shape index (κ2) is 9.46. The van der Waals surface area contributed by atoms with Crippen molar-refractivity contribution in [2.45, 2.75) is 13.5 Å². The van der Waals surface area contributed by atoms with E-state index < -0.39 is 0 Å². The third-order valence-electron chi connectivity index (χ3n) is 3.69. The van der Waals surface area contributed by atoms with Crippen LogP contribution in [0.5, 0.6) is 0 Å². The molecule has 6 nitrogen and oxygen atoms in total. The highest BCUT2D eigenvalue weighted by Gasteiger charge is 2.07. The number of halogens is 1. The number of amides is 1. The summed E-state index contributed by atoms with van der Waals surface area (Å²) in [6, 6.07) is 8.42. The van der Waals surface area contributed by atoms with Gasteiger partial charge in [0.25, 0.3) is 5.91 Å². The second-order valence-corrected chi connectivity index (χ2v) is 5.57. The minimum absolute atomic E-state index is 0.295. The van der Waals surface area contributed by atoms with Crippen molar-refractivity contribution in [1.82, 2.24) is 20.5 Å². The molecule has 0 aliphatic rings. The van der Waals surface area contributed by atoms with Gasteiger partial charge in [-0.25, -0.2) is 4.39 Å². The van der Waals surface area contributed by atoms with Crippen LogP contribution in [0.1, 0.15) is 15.9 Å². The summed E-state index contributed by atoms with van der Waals surface area (Å²) in [6.45, 7) is 4.17. The number of carbonyl (C=O) groups excluding carboxylic acids is 1. The van der Waals surface area contributed by atoms with Gasteiger partial charge in [-0.1, -0.05) is 6.07 Å². The highest BCUT2D eigenvalue weighted by atomic mass is 19.1. The molecule has 0 saturated heterocycles. The Labute approximate surface area is 147 Å². The number of nitrogens with one attached hydrogen (secondary N) is 3. The van der Waals surface area contributed by atoms with Gasteiger partial charge in [0.1, 0.15) is 5.82 Å². The predicted octanol–water partition coefficient (Wildman–Crippen LogP) is 1.53. The quantitative estimate of drug-likeness (QED) is 0.405. The number of hydrogen-bond donors (Lipinski definition) is 3.